The maximum absolute atomic E-state index is 12.8. The third-order valence-electron chi connectivity index (χ3n) is 3.80. The summed E-state index contributed by atoms with van der Waals surface area (Å²) in [6.07, 6.45) is 4.23. The maximum Gasteiger partial charge on any atom is 0.316 e. The Bertz CT molecular complexity index is 783. The van der Waals surface area contributed by atoms with Gasteiger partial charge in [-0.1, -0.05) is 38.3 Å². The lowest BCUT2D eigenvalue weighted by molar-refractivity contribution is -0.132. The first-order chi connectivity index (χ1) is 12.1. The molecule has 0 atom stereocenters. The van der Waals surface area contributed by atoms with Crippen molar-refractivity contribution in [2.75, 3.05) is 18.6 Å². The molecule has 1 heterocycles. The number of rotatable bonds is 9. The molecule has 0 amide bonds. The molecule has 2 rings (SSSR count). The Kier molecular flexibility index (Phi) is 6.86. The smallest absolute Gasteiger partial charge is 0.316 e. The van der Waals surface area contributed by atoms with E-state index in [0.29, 0.717) is 24.4 Å². The molecule has 0 fully saturated rings. The van der Waals surface area contributed by atoms with E-state index in [1.807, 2.05) is 31.2 Å². The minimum absolute atomic E-state index is 0.0670. The number of nitrogens with one attached hydrogen (secondary N) is 1. The number of nitrogens with zero attached hydrogens (tertiary/aromatic N) is 1. The average molecular weight is 346 g/mol. The van der Waals surface area contributed by atoms with Gasteiger partial charge < -0.3 is 14.9 Å². The molecule has 0 aliphatic carbocycles. The highest BCUT2D eigenvalue weighted by Crippen LogP contribution is 2.32. The Morgan fingerprint density at radius 3 is 2.56 bits per heavy atom. The lowest BCUT2D eigenvalue weighted by atomic mass is 10.2. The molecule has 0 radical (unpaired) electrons. The molecule has 6 nitrogen and oxygen atoms in total. The van der Waals surface area contributed by atoms with Gasteiger partial charge in [-0.05, 0) is 25.5 Å². The van der Waals surface area contributed by atoms with Gasteiger partial charge in [0.15, 0.2) is 5.75 Å². The standard InChI is InChI=1S/C19H26N2O4/c1-4-6-7-10-13-24-17-15-11-8-9-12-16(15)21(20-5-2)19(23)18(17)25-14(3)22/h8-9,11-12,20H,4-7,10,13H2,1-3H3. The van der Waals surface area contributed by atoms with Crippen LogP contribution in [0, 0.1) is 0 Å². The zero-order valence-electron chi connectivity index (χ0n) is 15.1. The van der Waals surface area contributed by atoms with Gasteiger partial charge >= 0.3 is 11.5 Å². The van der Waals surface area contributed by atoms with Crippen LogP contribution < -0.4 is 20.5 Å². The molecule has 0 bridgehead atoms. The summed E-state index contributed by atoms with van der Waals surface area (Å²) in [4.78, 5) is 24.3. The summed E-state index contributed by atoms with van der Waals surface area (Å²) in [5, 5.41) is 0.731. The Morgan fingerprint density at radius 1 is 1.12 bits per heavy atom. The van der Waals surface area contributed by atoms with Crippen LogP contribution in [0.2, 0.25) is 0 Å². The number of esters is 1. The molecular weight excluding hydrogens is 320 g/mol. The Labute approximate surface area is 147 Å². The average Bonchev–Trinajstić information content (AvgIpc) is 2.60. The van der Waals surface area contributed by atoms with Crippen molar-refractivity contribution in [3.05, 3.63) is 34.6 Å². The fourth-order valence-electron chi connectivity index (χ4n) is 2.69. The third-order valence-corrected chi connectivity index (χ3v) is 3.80. The number of carbonyl (C=O) groups is 1. The molecular formula is C19H26N2O4. The largest absolute Gasteiger partial charge is 0.489 e. The predicted octanol–water partition coefficient (Wildman–Crippen LogP) is 3.45. The molecule has 0 saturated carbocycles. The van der Waals surface area contributed by atoms with Crippen LogP contribution in [0.1, 0.15) is 46.5 Å². The van der Waals surface area contributed by atoms with Gasteiger partial charge in [0.05, 0.1) is 12.1 Å². The van der Waals surface area contributed by atoms with E-state index in [9.17, 15) is 9.59 Å². The summed E-state index contributed by atoms with van der Waals surface area (Å²) in [5.74, 6) is -0.282. The van der Waals surface area contributed by atoms with Crippen molar-refractivity contribution in [2.45, 2.75) is 46.5 Å². The molecule has 0 saturated heterocycles. The number of unbranched alkanes of at least 4 members (excludes halogenated alkanes) is 3. The Morgan fingerprint density at radius 2 is 1.88 bits per heavy atom. The third kappa shape index (κ3) is 4.53. The minimum Gasteiger partial charge on any atom is -0.489 e. The second-order valence-electron chi connectivity index (χ2n) is 5.83. The van der Waals surface area contributed by atoms with Crippen LogP contribution in [0.5, 0.6) is 11.5 Å². The van der Waals surface area contributed by atoms with Gasteiger partial charge in [-0.3, -0.25) is 9.59 Å². The molecule has 6 heteroatoms. The molecule has 1 N–H and O–H groups in total. The van der Waals surface area contributed by atoms with Gasteiger partial charge in [-0.25, -0.2) is 4.68 Å². The summed E-state index contributed by atoms with van der Waals surface area (Å²) >= 11 is 0. The monoisotopic (exact) mass is 346 g/mol. The second kappa shape index (κ2) is 9.11. The van der Waals surface area contributed by atoms with Crippen molar-refractivity contribution >= 4 is 16.9 Å². The first kappa shape index (κ1) is 18.8. The molecule has 0 unspecified atom stereocenters. The summed E-state index contributed by atoms with van der Waals surface area (Å²) in [6.45, 7) is 6.35. The van der Waals surface area contributed by atoms with E-state index in [1.54, 1.807) is 0 Å². The molecule has 0 spiro atoms. The number of benzene rings is 1. The highest BCUT2D eigenvalue weighted by molar-refractivity contribution is 5.89. The Balaban J connectivity index is 2.50. The van der Waals surface area contributed by atoms with Gasteiger partial charge in [-0.2, -0.15) is 0 Å². The maximum atomic E-state index is 12.8. The first-order valence-corrected chi connectivity index (χ1v) is 8.83. The van der Waals surface area contributed by atoms with Crippen molar-refractivity contribution in [1.82, 2.24) is 4.68 Å². The van der Waals surface area contributed by atoms with Crippen LogP contribution in [-0.2, 0) is 4.79 Å². The van der Waals surface area contributed by atoms with Gasteiger partial charge in [0, 0.05) is 18.9 Å². The summed E-state index contributed by atoms with van der Waals surface area (Å²) in [6, 6.07) is 7.41. The number of pyridine rings is 1. The lowest BCUT2D eigenvalue weighted by Gasteiger charge is -2.18. The second-order valence-corrected chi connectivity index (χ2v) is 5.83. The number of aromatic nitrogens is 1. The molecule has 136 valence electrons. The van der Waals surface area contributed by atoms with Crippen molar-refractivity contribution in [2.24, 2.45) is 0 Å². The van der Waals surface area contributed by atoms with Gasteiger partial charge in [-0.15, -0.1) is 0 Å². The molecule has 25 heavy (non-hydrogen) atoms. The van der Waals surface area contributed by atoms with Crippen molar-refractivity contribution in [3.8, 4) is 11.5 Å². The van der Waals surface area contributed by atoms with E-state index in [1.165, 1.54) is 11.6 Å². The normalized spacial score (nSPS) is 10.7. The summed E-state index contributed by atoms with van der Waals surface area (Å²) < 4.78 is 12.5. The van der Waals surface area contributed by atoms with Crippen LogP contribution in [0.25, 0.3) is 10.9 Å². The fraction of sp³-hybridized carbons (Fsp3) is 0.474. The van der Waals surface area contributed by atoms with Crippen LogP contribution in [-0.4, -0.2) is 23.8 Å². The van der Waals surface area contributed by atoms with E-state index in [0.717, 1.165) is 31.1 Å². The van der Waals surface area contributed by atoms with Gasteiger partial charge in [0.2, 0.25) is 5.75 Å². The number of hydrogen-bond donors (Lipinski definition) is 1. The van der Waals surface area contributed by atoms with Crippen LogP contribution in [0.4, 0.5) is 0 Å². The van der Waals surface area contributed by atoms with E-state index < -0.39 is 11.5 Å². The number of hydrogen-bond acceptors (Lipinski definition) is 5. The molecule has 2 aromatic rings. The molecule has 0 aliphatic rings. The van der Waals surface area contributed by atoms with Crippen molar-refractivity contribution < 1.29 is 14.3 Å². The molecule has 1 aromatic heterocycles. The SMILES string of the molecule is CCCCCCOc1c(OC(C)=O)c(=O)n(NCC)c2ccccc12. The van der Waals surface area contributed by atoms with Crippen LogP contribution >= 0.6 is 0 Å². The number of ether oxygens (including phenoxy) is 2. The minimum atomic E-state index is -0.550. The highest BCUT2D eigenvalue weighted by Gasteiger charge is 2.20. The van der Waals surface area contributed by atoms with Crippen LogP contribution in [0.3, 0.4) is 0 Å². The molecule has 1 aromatic carbocycles. The first-order valence-electron chi connectivity index (χ1n) is 8.83. The van der Waals surface area contributed by atoms with E-state index in [4.69, 9.17) is 9.47 Å². The molecule has 0 aliphatic heterocycles. The number of para-hydroxylation sites is 1. The van der Waals surface area contributed by atoms with Gasteiger partial charge in [0.25, 0.3) is 0 Å². The van der Waals surface area contributed by atoms with E-state index in [-0.39, 0.29) is 5.75 Å². The quantitative estimate of drug-likeness (QED) is 0.556. The van der Waals surface area contributed by atoms with Crippen molar-refractivity contribution in [1.29, 1.82) is 0 Å². The highest BCUT2D eigenvalue weighted by atomic mass is 16.6. The topological polar surface area (TPSA) is 69.6 Å². The van der Waals surface area contributed by atoms with Crippen LogP contribution in [0.15, 0.2) is 29.1 Å². The summed E-state index contributed by atoms with van der Waals surface area (Å²) in [5.41, 5.74) is 3.26. The van der Waals surface area contributed by atoms with Crippen molar-refractivity contribution in [3.63, 3.8) is 0 Å². The fourth-order valence-corrected chi connectivity index (χ4v) is 2.69. The Hall–Kier alpha value is -2.50. The van der Waals surface area contributed by atoms with E-state index in [2.05, 4.69) is 12.3 Å². The predicted molar refractivity (Wildman–Crippen MR) is 99.1 cm³/mol. The zero-order valence-corrected chi connectivity index (χ0v) is 15.1. The number of fused-ring (bicyclic) bond motifs is 1. The van der Waals surface area contributed by atoms with Gasteiger partial charge in [0.1, 0.15) is 0 Å². The lowest BCUT2D eigenvalue weighted by Crippen LogP contribution is -2.31. The number of carbonyl (C=O) groups excluding carboxylic acids is 1. The van der Waals surface area contributed by atoms with E-state index >= 15 is 0 Å². The summed E-state index contributed by atoms with van der Waals surface area (Å²) in [7, 11) is 0. The zero-order chi connectivity index (χ0) is 18.2.